The predicted molar refractivity (Wildman–Crippen MR) is 140 cm³/mol. The van der Waals surface area contributed by atoms with Crippen LogP contribution in [0, 0.1) is 11.3 Å². The van der Waals surface area contributed by atoms with Crippen LogP contribution in [0.2, 0.25) is 0 Å². The number of benzene rings is 4. The number of hydrogen-bond acceptors (Lipinski definition) is 3. The number of nitrogens with one attached hydrogen (secondary N) is 1. The normalized spacial score (nSPS) is 11.8. The van der Waals surface area contributed by atoms with Gasteiger partial charge < -0.3 is 11.1 Å². The van der Waals surface area contributed by atoms with E-state index in [1.54, 1.807) is 24.3 Å². The third-order valence-corrected chi connectivity index (χ3v) is 6.47. The van der Waals surface area contributed by atoms with Crippen LogP contribution < -0.4 is 11.1 Å². The van der Waals surface area contributed by atoms with Gasteiger partial charge in [0.1, 0.15) is 6.04 Å². The van der Waals surface area contributed by atoms with Gasteiger partial charge in [0.15, 0.2) is 0 Å². The second-order valence-corrected chi connectivity index (χ2v) is 8.68. The minimum absolute atomic E-state index is 0.0642. The summed E-state index contributed by atoms with van der Waals surface area (Å²) in [4.78, 5) is 26.0. The number of nitrogens with two attached hydrogens (primary N) is 1. The van der Waals surface area contributed by atoms with E-state index < -0.39 is 17.4 Å². The Kier molecular flexibility index (Phi) is 7.57. The molecule has 3 N–H and O–H groups in total. The van der Waals surface area contributed by atoms with Gasteiger partial charge in [-0.15, -0.1) is 0 Å². The molecule has 5 nitrogen and oxygen atoms in total. The number of nitrogens with zero attached hydrogens (tertiary/aromatic N) is 1. The van der Waals surface area contributed by atoms with E-state index in [0.29, 0.717) is 11.1 Å². The van der Waals surface area contributed by atoms with Crippen molar-refractivity contribution in [1.29, 1.82) is 5.26 Å². The van der Waals surface area contributed by atoms with Gasteiger partial charge in [0.25, 0.3) is 0 Å². The van der Waals surface area contributed by atoms with Gasteiger partial charge in [-0.2, -0.15) is 5.26 Å². The average molecular weight is 474 g/mol. The lowest BCUT2D eigenvalue weighted by molar-refractivity contribution is -0.127. The van der Waals surface area contributed by atoms with Gasteiger partial charge in [-0.05, 0) is 28.3 Å². The molecule has 4 aromatic rings. The van der Waals surface area contributed by atoms with Crippen LogP contribution in [0.15, 0.2) is 115 Å². The Labute approximate surface area is 211 Å². The zero-order valence-corrected chi connectivity index (χ0v) is 19.8. The lowest BCUT2D eigenvalue weighted by atomic mass is 9.67. The highest BCUT2D eigenvalue weighted by atomic mass is 16.2. The van der Waals surface area contributed by atoms with Gasteiger partial charge in [0, 0.05) is 12.8 Å². The summed E-state index contributed by atoms with van der Waals surface area (Å²) in [5, 5.41) is 12.3. The molecule has 4 aromatic carbocycles. The monoisotopic (exact) mass is 473 g/mol. The first-order valence-electron chi connectivity index (χ1n) is 11.8. The maximum absolute atomic E-state index is 13.7. The van der Waals surface area contributed by atoms with Crippen molar-refractivity contribution in [2.45, 2.75) is 24.3 Å². The number of amides is 2. The van der Waals surface area contributed by atoms with Crippen molar-refractivity contribution in [2.75, 3.05) is 0 Å². The summed E-state index contributed by atoms with van der Waals surface area (Å²) in [6.07, 6.45) is 0.203. The number of rotatable bonds is 9. The van der Waals surface area contributed by atoms with E-state index in [9.17, 15) is 14.9 Å². The first-order chi connectivity index (χ1) is 17.5. The number of nitriles is 1. The van der Waals surface area contributed by atoms with Crippen LogP contribution in [0.5, 0.6) is 0 Å². The smallest absolute Gasteiger partial charge is 0.240 e. The first-order valence-corrected chi connectivity index (χ1v) is 11.8. The fraction of sp³-hybridized carbons (Fsp3) is 0.129. The number of hydrogen-bond donors (Lipinski definition) is 2. The van der Waals surface area contributed by atoms with Crippen LogP contribution in [0.1, 0.15) is 34.2 Å². The minimum Gasteiger partial charge on any atom is -0.368 e. The van der Waals surface area contributed by atoms with E-state index in [-0.39, 0.29) is 18.7 Å². The summed E-state index contributed by atoms with van der Waals surface area (Å²) >= 11 is 0. The summed E-state index contributed by atoms with van der Waals surface area (Å²) in [6, 6.07) is 37.9. The topological polar surface area (TPSA) is 96.0 Å². The fourth-order valence-electron chi connectivity index (χ4n) is 4.71. The van der Waals surface area contributed by atoms with Crippen molar-refractivity contribution >= 4 is 11.8 Å². The van der Waals surface area contributed by atoms with Gasteiger partial charge >= 0.3 is 0 Å². The first kappa shape index (κ1) is 24.4. The molecule has 0 saturated heterocycles. The van der Waals surface area contributed by atoms with E-state index in [1.165, 1.54) is 0 Å². The van der Waals surface area contributed by atoms with Crippen LogP contribution in [0.3, 0.4) is 0 Å². The Morgan fingerprint density at radius 3 is 1.64 bits per heavy atom. The highest BCUT2D eigenvalue weighted by Gasteiger charge is 2.39. The molecule has 0 bridgehead atoms. The Hall–Kier alpha value is -4.69. The molecule has 0 fully saturated rings. The zero-order chi connectivity index (χ0) is 25.4. The van der Waals surface area contributed by atoms with E-state index in [2.05, 4.69) is 11.4 Å². The molecule has 2 amide bonds. The molecular weight excluding hydrogens is 446 g/mol. The molecule has 178 valence electrons. The summed E-state index contributed by atoms with van der Waals surface area (Å²) in [5.41, 5.74) is 8.88. The van der Waals surface area contributed by atoms with E-state index >= 15 is 0 Å². The van der Waals surface area contributed by atoms with E-state index in [4.69, 9.17) is 5.73 Å². The highest BCUT2D eigenvalue weighted by molar-refractivity contribution is 5.88. The lowest BCUT2D eigenvalue weighted by Crippen LogP contribution is -2.48. The molecule has 0 saturated carbocycles. The molecule has 0 radical (unpaired) electrons. The Balaban J connectivity index is 1.74. The standard InChI is InChI=1S/C31H27N3O2/c32-22-24-13-11-10-12-23(24)20-28(30(33)36)34-29(35)21-31(25-14-4-1-5-15-25,26-16-6-2-7-17-26)27-18-8-3-9-19-27/h1-19,28H,20-21H2,(H2,33,36)(H,34,35)/t28-/m1/s1. The van der Waals surface area contributed by atoms with Crippen LogP contribution in [-0.4, -0.2) is 17.9 Å². The van der Waals surface area contributed by atoms with Crippen LogP contribution in [0.25, 0.3) is 0 Å². The Morgan fingerprint density at radius 1 is 0.750 bits per heavy atom. The third-order valence-electron chi connectivity index (χ3n) is 6.47. The molecule has 0 unspecified atom stereocenters. The summed E-state index contributed by atoms with van der Waals surface area (Å²) in [7, 11) is 0. The van der Waals surface area contributed by atoms with Gasteiger partial charge in [0.05, 0.1) is 17.0 Å². The molecule has 0 heterocycles. The van der Waals surface area contributed by atoms with E-state index in [0.717, 1.165) is 16.7 Å². The molecule has 0 aliphatic carbocycles. The van der Waals surface area contributed by atoms with Gasteiger partial charge in [0.2, 0.25) is 11.8 Å². The predicted octanol–water partition coefficient (Wildman–Crippen LogP) is 4.50. The quantitative estimate of drug-likeness (QED) is 0.351. The van der Waals surface area contributed by atoms with Crippen molar-refractivity contribution in [1.82, 2.24) is 5.32 Å². The summed E-state index contributed by atoms with van der Waals surface area (Å²) < 4.78 is 0. The van der Waals surface area contributed by atoms with Gasteiger partial charge in [-0.25, -0.2) is 0 Å². The average Bonchev–Trinajstić information content (AvgIpc) is 2.93. The zero-order valence-electron chi connectivity index (χ0n) is 19.8. The maximum Gasteiger partial charge on any atom is 0.240 e. The molecule has 4 rings (SSSR count). The molecule has 0 aromatic heterocycles. The molecule has 0 aliphatic rings. The van der Waals surface area contributed by atoms with Crippen LogP contribution in [-0.2, 0) is 21.4 Å². The van der Waals surface area contributed by atoms with Crippen molar-refractivity contribution in [3.63, 3.8) is 0 Å². The van der Waals surface area contributed by atoms with Crippen LogP contribution in [0.4, 0.5) is 0 Å². The van der Waals surface area contributed by atoms with Crippen molar-refractivity contribution in [2.24, 2.45) is 5.73 Å². The Bertz CT molecular complexity index is 1270. The number of primary amides is 1. The minimum atomic E-state index is -0.952. The molecule has 36 heavy (non-hydrogen) atoms. The second-order valence-electron chi connectivity index (χ2n) is 8.68. The lowest BCUT2D eigenvalue weighted by Gasteiger charge is -2.36. The fourth-order valence-corrected chi connectivity index (χ4v) is 4.71. The highest BCUT2D eigenvalue weighted by Crippen LogP contribution is 2.42. The number of carbonyl (C=O) groups excluding carboxylic acids is 2. The largest absolute Gasteiger partial charge is 0.368 e. The Morgan fingerprint density at radius 2 is 1.19 bits per heavy atom. The molecule has 0 aliphatic heterocycles. The molecule has 5 heteroatoms. The molecular formula is C31H27N3O2. The summed E-state index contributed by atoms with van der Waals surface area (Å²) in [5.74, 6) is -0.967. The molecule has 1 atom stereocenters. The molecule has 0 spiro atoms. The van der Waals surface area contributed by atoms with Crippen molar-refractivity contribution in [3.05, 3.63) is 143 Å². The number of carbonyl (C=O) groups is 2. The second kappa shape index (κ2) is 11.2. The third kappa shape index (κ3) is 5.18. The SMILES string of the molecule is N#Cc1ccccc1C[C@@H](NC(=O)CC(c1ccccc1)(c1ccccc1)c1ccccc1)C(N)=O. The van der Waals surface area contributed by atoms with Crippen LogP contribution >= 0.6 is 0 Å². The van der Waals surface area contributed by atoms with E-state index in [1.807, 2.05) is 91.0 Å². The van der Waals surface area contributed by atoms with Gasteiger partial charge in [-0.3, -0.25) is 9.59 Å². The van der Waals surface area contributed by atoms with Gasteiger partial charge in [-0.1, -0.05) is 109 Å². The van der Waals surface area contributed by atoms with Crippen molar-refractivity contribution in [3.8, 4) is 6.07 Å². The van der Waals surface area contributed by atoms with Crippen molar-refractivity contribution < 1.29 is 9.59 Å². The summed E-state index contributed by atoms with van der Waals surface area (Å²) in [6.45, 7) is 0. The maximum atomic E-state index is 13.7.